The van der Waals surface area contributed by atoms with Crippen LogP contribution in [-0.2, 0) is 4.74 Å². The van der Waals surface area contributed by atoms with Crippen molar-refractivity contribution in [2.24, 2.45) is 17.3 Å². The summed E-state index contributed by atoms with van der Waals surface area (Å²) < 4.78 is 11.6. The van der Waals surface area contributed by atoms with Crippen molar-refractivity contribution in [3.8, 4) is 0 Å². The summed E-state index contributed by atoms with van der Waals surface area (Å²) in [6, 6.07) is 1.87. The van der Waals surface area contributed by atoms with Crippen molar-refractivity contribution in [1.82, 2.24) is 9.80 Å². The molecule has 1 spiro atoms. The summed E-state index contributed by atoms with van der Waals surface area (Å²) in [5, 5.41) is 0. The first-order valence-corrected chi connectivity index (χ1v) is 9.59. The summed E-state index contributed by atoms with van der Waals surface area (Å²) in [6.45, 7) is 9.37. The molecule has 5 heteroatoms. The Balaban J connectivity index is 1.43. The molecule has 2 aliphatic heterocycles. The SMILES string of the molecule is Cc1cc(C(=O)N2CC[C@]3(CN(C)C[C@H]3COCC3CC3)C2)c(C)o1. The van der Waals surface area contributed by atoms with E-state index in [0.717, 1.165) is 68.8 Å². The Hall–Kier alpha value is -1.33. The molecule has 138 valence electrons. The molecule has 5 nitrogen and oxygen atoms in total. The Kier molecular flexibility index (Phi) is 4.40. The molecule has 0 N–H and O–H groups in total. The van der Waals surface area contributed by atoms with E-state index in [9.17, 15) is 4.79 Å². The first-order valence-electron chi connectivity index (χ1n) is 9.59. The predicted octanol–water partition coefficient (Wildman–Crippen LogP) is 2.72. The van der Waals surface area contributed by atoms with Crippen LogP contribution in [0.15, 0.2) is 10.5 Å². The molecule has 1 amide bonds. The van der Waals surface area contributed by atoms with Gasteiger partial charge < -0.3 is 19.0 Å². The van der Waals surface area contributed by atoms with Crippen molar-refractivity contribution in [3.63, 3.8) is 0 Å². The van der Waals surface area contributed by atoms with E-state index in [1.807, 2.05) is 24.8 Å². The van der Waals surface area contributed by atoms with E-state index in [0.29, 0.717) is 5.92 Å². The lowest BCUT2D eigenvalue weighted by Crippen LogP contribution is -2.38. The summed E-state index contributed by atoms with van der Waals surface area (Å²) in [6.07, 6.45) is 3.75. The molecule has 2 atom stereocenters. The van der Waals surface area contributed by atoms with Crippen LogP contribution >= 0.6 is 0 Å². The van der Waals surface area contributed by atoms with Crippen LogP contribution in [-0.4, -0.2) is 62.1 Å². The zero-order chi connectivity index (χ0) is 17.6. The lowest BCUT2D eigenvalue weighted by atomic mass is 9.77. The maximum absolute atomic E-state index is 12.9. The van der Waals surface area contributed by atoms with Gasteiger partial charge in [-0.1, -0.05) is 0 Å². The number of amides is 1. The molecule has 1 saturated carbocycles. The second-order valence-corrected chi connectivity index (χ2v) is 8.54. The van der Waals surface area contributed by atoms with Gasteiger partial charge in [0.15, 0.2) is 0 Å². The highest BCUT2D eigenvalue weighted by Gasteiger charge is 2.50. The minimum Gasteiger partial charge on any atom is -0.466 e. The number of carbonyl (C=O) groups is 1. The highest BCUT2D eigenvalue weighted by molar-refractivity contribution is 5.95. The van der Waals surface area contributed by atoms with Gasteiger partial charge in [0.05, 0.1) is 12.2 Å². The number of rotatable bonds is 5. The Labute approximate surface area is 150 Å². The summed E-state index contributed by atoms with van der Waals surface area (Å²) in [5.41, 5.74) is 0.920. The van der Waals surface area contributed by atoms with E-state index >= 15 is 0 Å². The molecule has 2 saturated heterocycles. The predicted molar refractivity (Wildman–Crippen MR) is 95.7 cm³/mol. The van der Waals surface area contributed by atoms with Crippen LogP contribution in [0.5, 0.6) is 0 Å². The molecule has 0 aromatic carbocycles. The largest absolute Gasteiger partial charge is 0.466 e. The van der Waals surface area contributed by atoms with Gasteiger partial charge in [0.25, 0.3) is 5.91 Å². The summed E-state index contributed by atoms with van der Waals surface area (Å²) in [7, 11) is 2.19. The van der Waals surface area contributed by atoms with Crippen molar-refractivity contribution in [1.29, 1.82) is 0 Å². The fourth-order valence-electron chi connectivity index (χ4n) is 4.74. The first kappa shape index (κ1) is 17.1. The molecule has 3 heterocycles. The molecule has 4 rings (SSSR count). The number of furan rings is 1. The normalized spacial score (nSPS) is 29.9. The lowest BCUT2D eigenvalue weighted by molar-refractivity contribution is 0.0529. The average molecular weight is 346 g/mol. The van der Waals surface area contributed by atoms with Crippen molar-refractivity contribution in [3.05, 3.63) is 23.2 Å². The molecule has 0 radical (unpaired) electrons. The van der Waals surface area contributed by atoms with Crippen molar-refractivity contribution in [2.75, 3.05) is 46.4 Å². The van der Waals surface area contributed by atoms with Crippen LogP contribution in [0.25, 0.3) is 0 Å². The van der Waals surface area contributed by atoms with Crippen LogP contribution in [0, 0.1) is 31.1 Å². The minimum absolute atomic E-state index is 0.124. The molecule has 25 heavy (non-hydrogen) atoms. The number of hydrogen-bond acceptors (Lipinski definition) is 4. The Morgan fingerprint density at radius 1 is 1.32 bits per heavy atom. The van der Waals surface area contributed by atoms with Crippen molar-refractivity contribution in [2.45, 2.75) is 33.1 Å². The zero-order valence-electron chi connectivity index (χ0n) is 15.7. The van der Waals surface area contributed by atoms with Gasteiger partial charge in [-0.3, -0.25) is 4.79 Å². The highest BCUT2D eigenvalue weighted by Crippen LogP contribution is 2.44. The van der Waals surface area contributed by atoms with Gasteiger partial charge in [0.1, 0.15) is 11.5 Å². The van der Waals surface area contributed by atoms with Crippen LogP contribution in [0.4, 0.5) is 0 Å². The molecule has 3 fully saturated rings. The topological polar surface area (TPSA) is 45.9 Å². The zero-order valence-corrected chi connectivity index (χ0v) is 15.7. The van der Waals surface area contributed by atoms with Crippen molar-refractivity contribution < 1.29 is 13.9 Å². The van der Waals surface area contributed by atoms with E-state index in [1.165, 1.54) is 12.8 Å². The molecular formula is C20H30N2O3. The first-order chi connectivity index (χ1) is 12.0. The van der Waals surface area contributed by atoms with Crippen LogP contribution in [0.3, 0.4) is 0 Å². The molecule has 1 aromatic rings. The molecule has 3 aliphatic rings. The molecule has 0 bridgehead atoms. The molecule has 0 unspecified atom stereocenters. The smallest absolute Gasteiger partial charge is 0.257 e. The minimum atomic E-state index is 0.124. The van der Waals surface area contributed by atoms with E-state index in [2.05, 4.69) is 11.9 Å². The number of nitrogens with zero attached hydrogens (tertiary/aromatic N) is 2. The van der Waals surface area contributed by atoms with Gasteiger partial charge in [0, 0.05) is 44.1 Å². The second-order valence-electron chi connectivity index (χ2n) is 8.54. The lowest BCUT2D eigenvalue weighted by Gasteiger charge is -2.30. The standard InChI is InChI=1S/C20H30N2O3/c1-14-8-18(15(2)25-14)19(23)22-7-6-20(13-22)12-21(3)9-17(20)11-24-10-16-4-5-16/h8,16-17H,4-7,9-13H2,1-3H3/t17-,20-/m0/s1. The number of carbonyl (C=O) groups excluding carboxylic acids is 1. The van der Waals surface area contributed by atoms with E-state index in [4.69, 9.17) is 9.15 Å². The van der Waals surface area contributed by atoms with Crippen LogP contribution in [0.1, 0.15) is 41.1 Å². The van der Waals surface area contributed by atoms with Gasteiger partial charge in [-0.25, -0.2) is 0 Å². The molecule has 1 aliphatic carbocycles. The quantitative estimate of drug-likeness (QED) is 0.822. The van der Waals surface area contributed by atoms with Gasteiger partial charge in [-0.2, -0.15) is 0 Å². The Bertz CT molecular complexity index is 651. The highest BCUT2D eigenvalue weighted by atomic mass is 16.5. The summed E-state index contributed by atoms with van der Waals surface area (Å²) >= 11 is 0. The second kappa shape index (κ2) is 6.44. The number of ether oxygens (including phenoxy) is 1. The average Bonchev–Trinajstić information content (AvgIpc) is 3.06. The van der Waals surface area contributed by atoms with E-state index in [1.54, 1.807) is 0 Å². The maximum Gasteiger partial charge on any atom is 0.257 e. The Morgan fingerprint density at radius 3 is 2.80 bits per heavy atom. The molecule has 1 aromatic heterocycles. The number of hydrogen-bond donors (Lipinski definition) is 0. The number of aryl methyl sites for hydroxylation is 2. The number of likely N-dealkylation sites (tertiary alicyclic amines) is 2. The molecular weight excluding hydrogens is 316 g/mol. The summed E-state index contributed by atoms with van der Waals surface area (Å²) in [4.78, 5) is 17.4. The fourth-order valence-corrected chi connectivity index (χ4v) is 4.74. The maximum atomic E-state index is 12.9. The van der Waals surface area contributed by atoms with Crippen LogP contribution < -0.4 is 0 Å². The summed E-state index contributed by atoms with van der Waals surface area (Å²) in [5.74, 6) is 3.00. The van der Waals surface area contributed by atoms with Crippen molar-refractivity contribution >= 4 is 5.91 Å². The van der Waals surface area contributed by atoms with Crippen LogP contribution in [0.2, 0.25) is 0 Å². The van der Waals surface area contributed by atoms with E-state index in [-0.39, 0.29) is 11.3 Å². The van der Waals surface area contributed by atoms with Gasteiger partial charge >= 0.3 is 0 Å². The third-order valence-electron chi connectivity index (χ3n) is 6.30. The Morgan fingerprint density at radius 2 is 2.12 bits per heavy atom. The fraction of sp³-hybridized carbons (Fsp3) is 0.750. The third-order valence-corrected chi connectivity index (χ3v) is 6.30. The van der Waals surface area contributed by atoms with E-state index < -0.39 is 0 Å². The van der Waals surface area contributed by atoms with Gasteiger partial charge in [-0.15, -0.1) is 0 Å². The monoisotopic (exact) mass is 346 g/mol. The van der Waals surface area contributed by atoms with Gasteiger partial charge in [0.2, 0.25) is 0 Å². The van der Waals surface area contributed by atoms with Gasteiger partial charge in [-0.05, 0) is 52.1 Å². The third kappa shape index (κ3) is 3.36.